The normalized spacial score (nSPS) is 16.0. The lowest BCUT2D eigenvalue weighted by molar-refractivity contribution is -0.124. The van der Waals surface area contributed by atoms with E-state index >= 15 is 0 Å². The van der Waals surface area contributed by atoms with Crippen molar-refractivity contribution in [3.63, 3.8) is 0 Å². The Hall–Kier alpha value is -1.82. The molecule has 0 aliphatic carbocycles. The van der Waals surface area contributed by atoms with Crippen LogP contribution in [0.15, 0.2) is 36.0 Å². The molecule has 0 unspecified atom stereocenters. The summed E-state index contributed by atoms with van der Waals surface area (Å²) in [4.78, 5) is 13.0. The Labute approximate surface area is 77.3 Å². The minimum atomic E-state index is -0.151. The maximum Gasteiger partial charge on any atom is 0.255 e. The topological polar surface area (TPSA) is 44.1 Å². The molecule has 0 spiro atoms. The first kappa shape index (κ1) is 9.27. The molecule has 1 amide bonds. The minimum absolute atomic E-state index is 0.151. The van der Waals surface area contributed by atoms with Crippen molar-refractivity contribution in [1.82, 2.24) is 4.90 Å². The molecular weight excluding hydrogens is 164 g/mol. The Morgan fingerprint density at radius 1 is 1.77 bits per heavy atom. The van der Waals surface area contributed by atoms with Crippen molar-refractivity contribution in [1.29, 1.82) is 5.26 Å². The first-order valence-electron chi connectivity index (χ1n) is 3.82. The molecular formula is C10H10N2O. The number of likely N-dealkylation sites (N-methyl/N-ethyl adjacent to an activating group) is 1. The van der Waals surface area contributed by atoms with Gasteiger partial charge >= 0.3 is 0 Å². The van der Waals surface area contributed by atoms with Crippen molar-refractivity contribution in [2.24, 2.45) is 0 Å². The van der Waals surface area contributed by atoms with Crippen LogP contribution < -0.4 is 0 Å². The van der Waals surface area contributed by atoms with Crippen LogP contribution in [0.5, 0.6) is 0 Å². The summed E-state index contributed by atoms with van der Waals surface area (Å²) in [6.45, 7) is 7.63. The van der Waals surface area contributed by atoms with E-state index in [1.54, 1.807) is 13.1 Å². The number of rotatable bonds is 2. The lowest BCUT2D eigenvalue weighted by Gasteiger charge is -2.06. The van der Waals surface area contributed by atoms with E-state index in [1.807, 2.05) is 6.07 Å². The van der Waals surface area contributed by atoms with Crippen molar-refractivity contribution in [2.45, 2.75) is 0 Å². The summed E-state index contributed by atoms with van der Waals surface area (Å²) in [5, 5.41) is 8.62. The van der Waals surface area contributed by atoms with Gasteiger partial charge in [-0.15, -0.1) is 0 Å². The van der Waals surface area contributed by atoms with Gasteiger partial charge in [0.15, 0.2) is 0 Å². The van der Waals surface area contributed by atoms with Crippen molar-refractivity contribution >= 4 is 5.91 Å². The Morgan fingerprint density at radius 3 is 2.85 bits per heavy atom. The van der Waals surface area contributed by atoms with E-state index in [4.69, 9.17) is 5.26 Å². The first-order valence-corrected chi connectivity index (χ1v) is 3.82. The van der Waals surface area contributed by atoms with Crippen LogP contribution >= 0.6 is 0 Å². The van der Waals surface area contributed by atoms with Gasteiger partial charge in [0.25, 0.3) is 5.91 Å². The second-order valence-corrected chi connectivity index (χ2v) is 2.86. The Morgan fingerprint density at radius 2 is 2.38 bits per heavy atom. The molecule has 3 nitrogen and oxygen atoms in total. The van der Waals surface area contributed by atoms with Crippen LogP contribution in [0.3, 0.4) is 0 Å². The quantitative estimate of drug-likeness (QED) is 0.587. The smallest absolute Gasteiger partial charge is 0.255 e. The molecule has 0 saturated carbocycles. The monoisotopic (exact) mass is 174 g/mol. The van der Waals surface area contributed by atoms with Crippen molar-refractivity contribution in [3.8, 4) is 6.07 Å². The van der Waals surface area contributed by atoms with Gasteiger partial charge in [-0.1, -0.05) is 19.2 Å². The van der Waals surface area contributed by atoms with E-state index < -0.39 is 0 Å². The number of carbonyl (C=O) groups is 1. The third kappa shape index (κ3) is 1.38. The molecule has 0 bridgehead atoms. The van der Waals surface area contributed by atoms with Crippen LogP contribution in [0.4, 0.5) is 0 Å². The third-order valence-electron chi connectivity index (χ3n) is 1.97. The molecule has 13 heavy (non-hydrogen) atoms. The maximum atomic E-state index is 11.5. The number of carbonyl (C=O) groups excluding carboxylic acids is 1. The van der Waals surface area contributed by atoms with E-state index in [-0.39, 0.29) is 11.5 Å². The summed E-state index contributed by atoms with van der Waals surface area (Å²) >= 11 is 0. The predicted molar refractivity (Wildman–Crippen MR) is 49.6 cm³/mol. The molecule has 0 atom stereocenters. The first-order chi connectivity index (χ1) is 6.11. The highest BCUT2D eigenvalue weighted by Crippen LogP contribution is 2.23. The van der Waals surface area contributed by atoms with Crippen molar-refractivity contribution < 1.29 is 4.79 Å². The fourth-order valence-corrected chi connectivity index (χ4v) is 1.28. The van der Waals surface area contributed by atoms with E-state index in [9.17, 15) is 4.79 Å². The van der Waals surface area contributed by atoms with Gasteiger partial charge in [-0.05, 0) is 5.57 Å². The highest BCUT2D eigenvalue weighted by Gasteiger charge is 2.27. The van der Waals surface area contributed by atoms with Crippen LogP contribution in [-0.4, -0.2) is 24.4 Å². The molecule has 0 fully saturated rings. The third-order valence-corrected chi connectivity index (χ3v) is 1.97. The number of nitriles is 1. The fourth-order valence-electron chi connectivity index (χ4n) is 1.28. The Kier molecular flexibility index (Phi) is 2.34. The highest BCUT2D eigenvalue weighted by molar-refractivity contribution is 6.02. The van der Waals surface area contributed by atoms with E-state index in [2.05, 4.69) is 13.2 Å². The number of hydrogen-bond donors (Lipinski definition) is 0. The van der Waals surface area contributed by atoms with Gasteiger partial charge < -0.3 is 4.90 Å². The van der Waals surface area contributed by atoms with Crippen molar-refractivity contribution in [2.75, 3.05) is 13.6 Å². The summed E-state index contributed by atoms with van der Waals surface area (Å²) in [7, 11) is 1.68. The summed E-state index contributed by atoms with van der Waals surface area (Å²) in [5.74, 6) is -0.151. The highest BCUT2D eigenvalue weighted by atomic mass is 16.2. The fraction of sp³-hybridized carbons (Fsp3) is 0.200. The van der Waals surface area contributed by atoms with Crippen LogP contribution in [0.2, 0.25) is 0 Å². The average molecular weight is 174 g/mol. The summed E-state index contributed by atoms with van der Waals surface area (Å²) in [6.07, 6.45) is 1.60. The van der Waals surface area contributed by atoms with E-state index in [0.29, 0.717) is 12.1 Å². The van der Waals surface area contributed by atoms with Gasteiger partial charge in [0.1, 0.15) is 0 Å². The zero-order chi connectivity index (χ0) is 10.0. The molecule has 0 aromatic heterocycles. The SMILES string of the molecule is C=CC1=C(C(=C)C#N)C(=O)N(C)C1. The van der Waals surface area contributed by atoms with Gasteiger partial charge in [-0.2, -0.15) is 5.26 Å². The van der Waals surface area contributed by atoms with E-state index in [0.717, 1.165) is 5.57 Å². The molecule has 0 N–H and O–H groups in total. The molecule has 1 rings (SSSR count). The zero-order valence-corrected chi connectivity index (χ0v) is 7.50. The zero-order valence-electron chi connectivity index (χ0n) is 7.50. The molecule has 66 valence electrons. The number of amides is 1. The molecule has 1 aliphatic heterocycles. The second kappa shape index (κ2) is 3.28. The molecule has 0 radical (unpaired) electrons. The van der Waals surface area contributed by atoms with Crippen LogP contribution in [0.25, 0.3) is 0 Å². The molecule has 1 heterocycles. The van der Waals surface area contributed by atoms with Crippen LogP contribution in [0, 0.1) is 11.3 Å². The van der Waals surface area contributed by atoms with Crippen molar-refractivity contribution in [3.05, 3.63) is 36.0 Å². The van der Waals surface area contributed by atoms with Gasteiger partial charge in [0.2, 0.25) is 0 Å². The molecule has 0 saturated heterocycles. The standard InChI is InChI=1S/C10H10N2O/c1-4-8-6-12(3)10(13)9(8)7(2)5-11/h4H,1-2,6H2,3H3. The molecule has 3 heteroatoms. The molecule has 0 aromatic carbocycles. The van der Waals surface area contributed by atoms with E-state index in [1.165, 1.54) is 4.90 Å². The van der Waals surface area contributed by atoms with Gasteiger partial charge in [0.05, 0.1) is 17.2 Å². The van der Waals surface area contributed by atoms with Gasteiger partial charge in [-0.25, -0.2) is 0 Å². The van der Waals surface area contributed by atoms with Crippen LogP contribution in [0.1, 0.15) is 0 Å². The lowest BCUT2D eigenvalue weighted by Crippen LogP contribution is -2.22. The maximum absolute atomic E-state index is 11.5. The van der Waals surface area contributed by atoms with Crippen LogP contribution in [-0.2, 0) is 4.79 Å². The minimum Gasteiger partial charge on any atom is -0.337 e. The lowest BCUT2D eigenvalue weighted by atomic mass is 10.0. The Balaban J connectivity index is 3.17. The largest absolute Gasteiger partial charge is 0.337 e. The van der Waals surface area contributed by atoms with Gasteiger partial charge in [0, 0.05) is 13.6 Å². The second-order valence-electron chi connectivity index (χ2n) is 2.86. The molecule has 1 aliphatic rings. The number of nitrogens with zero attached hydrogens (tertiary/aromatic N) is 2. The van der Waals surface area contributed by atoms with Gasteiger partial charge in [-0.3, -0.25) is 4.79 Å². The summed E-state index contributed by atoms with van der Waals surface area (Å²) in [5.41, 5.74) is 1.39. The summed E-state index contributed by atoms with van der Waals surface area (Å²) in [6, 6.07) is 1.87. The predicted octanol–water partition coefficient (Wildman–Crippen LogP) is 1.02. The number of hydrogen-bond acceptors (Lipinski definition) is 2. The Bertz CT molecular complexity index is 358. The summed E-state index contributed by atoms with van der Waals surface area (Å²) < 4.78 is 0. The molecule has 0 aromatic rings. The average Bonchev–Trinajstić information content (AvgIpc) is 2.42.